The van der Waals surface area contributed by atoms with E-state index in [1.807, 2.05) is 54.8 Å². The highest BCUT2D eigenvalue weighted by Crippen LogP contribution is 2.26. The fourth-order valence-corrected chi connectivity index (χ4v) is 3.63. The Morgan fingerprint density at radius 3 is 2.65 bits per heavy atom. The molecule has 1 heterocycles. The number of amides is 1. The molecule has 2 aromatic carbocycles. The topological polar surface area (TPSA) is 51.2 Å². The Bertz CT molecular complexity index is 901. The molecule has 4 nitrogen and oxygen atoms in total. The highest BCUT2D eigenvalue weighted by atomic mass is 32.1. The number of benzene rings is 2. The number of thiazole rings is 1. The molecule has 0 aliphatic heterocycles. The third-order valence-electron chi connectivity index (χ3n) is 4.23. The minimum atomic E-state index is -0.0411. The van der Waals surface area contributed by atoms with Crippen LogP contribution in [-0.4, -0.2) is 18.0 Å². The third kappa shape index (κ3) is 4.11. The predicted molar refractivity (Wildman–Crippen MR) is 107 cm³/mol. The Morgan fingerprint density at radius 1 is 1.19 bits per heavy atom. The van der Waals surface area contributed by atoms with E-state index in [1.165, 1.54) is 0 Å². The van der Waals surface area contributed by atoms with Crippen molar-refractivity contribution in [2.45, 2.75) is 26.7 Å². The molecule has 5 heteroatoms. The van der Waals surface area contributed by atoms with Crippen molar-refractivity contribution in [3.63, 3.8) is 0 Å². The first kappa shape index (κ1) is 18.1. The Kier molecular flexibility index (Phi) is 5.68. The standard InChI is InChI=1S/C21H22N2O2S/c1-4-15-7-5-6-14(2)20(15)23-19(24)12-17-13-26-21(22-17)16-8-10-18(25-3)11-9-16/h5-11,13H,4,12H2,1-3H3,(H,23,24). The van der Waals surface area contributed by atoms with Crippen LogP contribution in [0.4, 0.5) is 5.69 Å². The van der Waals surface area contributed by atoms with Gasteiger partial charge in [-0.2, -0.15) is 0 Å². The highest BCUT2D eigenvalue weighted by Gasteiger charge is 2.12. The second kappa shape index (κ2) is 8.15. The number of hydrogen-bond acceptors (Lipinski definition) is 4. The van der Waals surface area contributed by atoms with Crippen LogP contribution in [0.3, 0.4) is 0 Å². The first-order valence-electron chi connectivity index (χ1n) is 8.58. The van der Waals surface area contributed by atoms with Crippen LogP contribution >= 0.6 is 11.3 Å². The Hall–Kier alpha value is -2.66. The quantitative estimate of drug-likeness (QED) is 0.677. The molecule has 3 rings (SSSR count). The molecule has 1 amide bonds. The molecule has 0 radical (unpaired) electrons. The van der Waals surface area contributed by atoms with Crippen LogP contribution in [-0.2, 0) is 17.6 Å². The number of nitrogens with zero attached hydrogens (tertiary/aromatic N) is 1. The van der Waals surface area contributed by atoms with Crippen molar-refractivity contribution in [3.8, 4) is 16.3 Å². The second-order valence-electron chi connectivity index (χ2n) is 6.06. The molecule has 134 valence electrons. The van der Waals surface area contributed by atoms with E-state index in [4.69, 9.17) is 4.74 Å². The molecule has 0 aliphatic carbocycles. The zero-order valence-electron chi connectivity index (χ0n) is 15.2. The van der Waals surface area contributed by atoms with Crippen LogP contribution in [0.2, 0.25) is 0 Å². The van der Waals surface area contributed by atoms with Crippen LogP contribution in [0.5, 0.6) is 5.75 Å². The monoisotopic (exact) mass is 366 g/mol. The SMILES string of the molecule is CCc1cccc(C)c1NC(=O)Cc1csc(-c2ccc(OC)cc2)n1. The lowest BCUT2D eigenvalue weighted by atomic mass is 10.1. The molecule has 26 heavy (non-hydrogen) atoms. The molecule has 0 unspecified atom stereocenters. The Morgan fingerprint density at radius 2 is 1.96 bits per heavy atom. The molecule has 1 N–H and O–H groups in total. The van der Waals surface area contributed by atoms with Gasteiger partial charge in [-0.25, -0.2) is 4.98 Å². The van der Waals surface area contributed by atoms with Crippen LogP contribution in [0.1, 0.15) is 23.7 Å². The summed E-state index contributed by atoms with van der Waals surface area (Å²) in [5.41, 5.74) is 4.95. The molecule has 0 bridgehead atoms. The fraction of sp³-hybridized carbons (Fsp3) is 0.238. The number of aromatic nitrogens is 1. The van der Waals surface area contributed by atoms with E-state index in [1.54, 1.807) is 18.4 Å². The molecule has 0 fully saturated rings. The highest BCUT2D eigenvalue weighted by molar-refractivity contribution is 7.13. The molecule has 0 atom stereocenters. The summed E-state index contributed by atoms with van der Waals surface area (Å²) in [4.78, 5) is 17.1. The first-order valence-corrected chi connectivity index (χ1v) is 9.46. The van der Waals surface area contributed by atoms with Crippen molar-refractivity contribution in [2.75, 3.05) is 12.4 Å². The lowest BCUT2D eigenvalue weighted by Crippen LogP contribution is -2.16. The Balaban J connectivity index is 1.70. The number of ether oxygens (including phenoxy) is 1. The number of anilines is 1. The van der Waals surface area contributed by atoms with E-state index in [2.05, 4.69) is 17.2 Å². The van der Waals surface area contributed by atoms with E-state index in [0.29, 0.717) is 0 Å². The van der Waals surface area contributed by atoms with Crippen molar-refractivity contribution in [2.24, 2.45) is 0 Å². The van der Waals surface area contributed by atoms with Crippen LogP contribution < -0.4 is 10.1 Å². The van der Waals surface area contributed by atoms with Crippen molar-refractivity contribution in [1.29, 1.82) is 0 Å². The lowest BCUT2D eigenvalue weighted by Gasteiger charge is -2.12. The molecule has 0 aliphatic rings. The second-order valence-corrected chi connectivity index (χ2v) is 6.92. The summed E-state index contributed by atoms with van der Waals surface area (Å²) in [5.74, 6) is 0.774. The number of methoxy groups -OCH3 is 1. The van der Waals surface area contributed by atoms with Crippen LogP contribution in [0.15, 0.2) is 47.8 Å². The maximum Gasteiger partial charge on any atom is 0.230 e. The third-order valence-corrected chi connectivity index (χ3v) is 5.17. The summed E-state index contributed by atoms with van der Waals surface area (Å²) >= 11 is 1.54. The zero-order chi connectivity index (χ0) is 18.5. The summed E-state index contributed by atoms with van der Waals surface area (Å²) in [6.45, 7) is 4.10. The van der Waals surface area contributed by atoms with E-state index in [9.17, 15) is 4.79 Å². The predicted octanol–water partition coefficient (Wildman–Crippen LogP) is 4.87. The first-order chi connectivity index (χ1) is 12.6. The minimum Gasteiger partial charge on any atom is -0.497 e. The van der Waals surface area contributed by atoms with Gasteiger partial charge in [-0.15, -0.1) is 11.3 Å². The number of para-hydroxylation sites is 1. The summed E-state index contributed by atoms with van der Waals surface area (Å²) in [6, 6.07) is 13.9. The number of aryl methyl sites for hydroxylation is 2. The smallest absolute Gasteiger partial charge is 0.230 e. The molecular formula is C21H22N2O2S. The van der Waals surface area contributed by atoms with Gasteiger partial charge >= 0.3 is 0 Å². The van der Waals surface area contributed by atoms with Gasteiger partial charge in [-0.05, 0) is 48.7 Å². The summed E-state index contributed by atoms with van der Waals surface area (Å²) < 4.78 is 5.18. The summed E-state index contributed by atoms with van der Waals surface area (Å²) in [6.07, 6.45) is 1.15. The molecule has 0 saturated heterocycles. The molecule has 0 saturated carbocycles. The summed E-state index contributed by atoms with van der Waals surface area (Å²) in [5, 5.41) is 5.90. The van der Waals surface area contributed by atoms with Gasteiger partial charge in [0.2, 0.25) is 5.91 Å². The maximum absolute atomic E-state index is 12.5. The zero-order valence-corrected chi connectivity index (χ0v) is 16.0. The van der Waals surface area contributed by atoms with E-state index in [0.717, 1.165) is 45.2 Å². The minimum absolute atomic E-state index is 0.0411. The van der Waals surface area contributed by atoms with Crippen molar-refractivity contribution in [3.05, 3.63) is 64.7 Å². The molecule has 1 aromatic heterocycles. The van der Waals surface area contributed by atoms with Crippen molar-refractivity contribution < 1.29 is 9.53 Å². The number of carbonyl (C=O) groups is 1. The van der Waals surface area contributed by atoms with Gasteiger partial charge in [0.05, 0.1) is 19.2 Å². The van der Waals surface area contributed by atoms with E-state index < -0.39 is 0 Å². The van der Waals surface area contributed by atoms with Gasteiger partial charge < -0.3 is 10.1 Å². The number of hydrogen-bond donors (Lipinski definition) is 1. The van der Waals surface area contributed by atoms with Gasteiger partial charge in [0.15, 0.2) is 0 Å². The lowest BCUT2D eigenvalue weighted by molar-refractivity contribution is -0.115. The van der Waals surface area contributed by atoms with Crippen molar-refractivity contribution in [1.82, 2.24) is 4.98 Å². The molecule has 0 spiro atoms. The Labute approximate surface area is 157 Å². The summed E-state index contributed by atoms with van der Waals surface area (Å²) in [7, 11) is 1.65. The number of carbonyl (C=O) groups excluding carboxylic acids is 1. The van der Waals surface area contributed by atoms with E-state index in [-0.39, 0.29) is 12.3 Å². The average Bonchev–Trinajstić information content (AvgIpc) is 3.11. The van der Waals surface area contributed by atoms with Crippen LogP contribution in [0, 0.1) is 6.92 Å². The maximum atomic E-state index is 12.5. The molecule has 3 aromatic rings. The largest absolute Gasteiger partial charge is 0.497 e. The molecular weight excluding hydrogens is 344 g/mol. The van der Waals surface area contributed by atoms with Gasteiger partial charge in [0, 0.05) is 16.6 Å². The normalized spacial score (nSPS) is 10.6. The number of rotatable bonds is 6. The fourth-order valence-electron chi connectivity index (χ4n) is 2.80. The van der Waals surface area contributed by atoms with E-state index >= 15 is 0 Å². The average molecular weight is 366 g/mol. The van der Waals surface area contributed by atoms with Gasteiger partial charge in [0.1, 0.15) is 10.8 Å². The van der Waals surface area contributed by atoms with Gasteiger partial charge in [-0.3, -0.25) is 4.79 Å². The van der Waals surface area contributed by atoms with Gasteiger partial charge in [0.25, 0.3) is 0 Å². The number of nitrogens with one attached hydrogen (secondary N) is 1. The van der Waals surface area contributed by atoms with Crippen LogP contribution in [0.25, 0.3) is 10.6 Å². The van der Waals surface area contributed by atoms with Gasteiger partial charge in [-0.1, -0.05) is 25.1 Å². The van der Waals surface area contributed by atoms with Crippen molar-refractivity contribution >= 4 is 22.9 Å².